The first-order valence-electron chi connectivity index (χ1n) is 11.3. The number of hydrogen-bond donors (Lipinski definition) is 2. The Bertz CT molecular complexity index is 825. The van der Waals surface area contributed by atoms with Crippen LogP contribution in [-0.4, -0.2) is 61.2 Å². The monoisotopic (exact) mass is 408 g/mol. The molecule has 30 heavy (non-hydrogen) atoms. The van der Waals surface area contributed by atoms with E-state index >= 15 is 0 Å². The third-order valence-electron chi connectivity index (χ3n) is 6.90. The molecule has 0 unspecified atom stereocenters. The molecule has 2 fully saturated rings. The van der Waals surface area contributed by atoms with Crippen molar-refractivity contribution in [3.05, 3.63) is 60.2 Å². The average Bonchev–Trinajstić information content (AvgIpc) is 2.80. The van der Waals surface area contributed by atoms with Crippen molar-refractivity contribution in [2.75, 3.05) is 44.2 Å². The summed E-state index contributed by atoms with van der Waals surface area (Å²) in [5.74, 6) is 1.32. The highest BCUT2D eigenvalue weighted by atomic mass is 16.3. The molecular formula is C25H34N3O2+. The van der Waals surface area contributed by atoms with Gasteiger partial charge >= 0.3 is 0 Å². The van der Waals surface area contributed by atoms with E-state index in [1.807, 2.05) is 18.2 Å². The summed E-state index contributed by atoms with van der Waals surface area (Å²) in [5, 5.41) is 10.1. The van der Waals surface area contributed by atoms with Crippen LogP contribution in [0.25, 0.3) is 0 Å². The predicted molar refractivity (Wildman–Crippen MR) is 120 cm³/mol. The zero-order valence-corrected chi connectivity index (χ0v) is 18.0. The topological polar surface area (TPSA) is 48.2 Å². The van der Waals surface area contributed by atoms with Gasteiger partial charge in [-0.1, -0.05) is 42.5 Å². The van der Waals surface area contributed by atoms with Gasteiger partial charge in [0, 0.05) is 13.1 Å². The van der Waals surface area contributed by atoms with Gasteiger partial charge in [-0.15, -0.1) is 0 Å². The number of nitrogens with zero attached hydrogens (tertiary/aromatic N) is 2. The Hall–Kier alpha value is -2.53. The molecule has 0 bridgehead atoms. The van der Waals surface area contributed by atoms with Crippen LogP contribution in [0.15, 0.2) is 54.6 Å². The number of anilines is 1. The fourth-order valence-electron chi connectivity index (χ4n) is 4.95. The van der Waals surface area contributed by atoms with Gasteiger partial charge in [-0.25, -0.2) is 0 Å². The molecule has 2 aromatic carbocycles. The lowest BCUT2D eigenvalue weighted by Crippen LogP contribution is -3.19. The number of quaternary nitrogens is 1. The number of amides is 1. The molecule has 5 nitrogen and oxygen atoms in total. The van der Waals surface area contributed by atoms with E-state index in [2.05, 4.69) is 47.1 Å². The number of benzene rings is 2. The summed E-state index contributed by atoms with van der Waals surface area (Å²) in [4.78, 5) is 18.8. The number of piperidine rings is 1. The van der Waals surface area contributed by atoms with Crippen LogP contribution in [0.1, 0.15) is 25.3 Å². The minimum atomic E-state index is 0.00203. The number of phenols is 1. The summed E-state index contributed by atoms with van der Waals surface area (Å²) in [6.45, 7) is 7.43. The molecule has 2 aliphatic rings. The molecule has 0 radical (unpaired) electrons. The molecule has 2 N–H and O–H groups in total. The number of para-hydroxylation sites is 2. The minimum Gasteiger partial charge on any atom is -0.506 e. The van der Waals surface area contributed by atoms with Crippen LogP contribution in [0.2, 0.25) is 0 Å². The number of aromatic hydroxyl groups is 1. The number of likely N-dealkylation sites (tertiary alicyclic amines) is 1. The molecule has 4 rings (SSSR count). The van der Waals surface area contributed by atoms with Crippen molar-refractivity contribution >= 4 is 11.6 Å². The van der Waals surface area contributed by atoms with Crippen molar-refractivity contribution < 1.29 is 14.8 Å². The Labute approximate surface area is 179 Å². The van der Waals surface area contributed by atoms with E-state index in [1.165, 1.54) is 10.5 Å². The number of rotatable bonds is 5. The fourth-order valence-corrected chi connectivity index (χ4v) is 4.95. The van der Waals surface area contributed by atoms with Crippen molar-refractivity contribution in [2.24, 2.45) is 5.92 Å². The Morgan fingerprint density at radius 2 is 1.63 bits per heavy atom. The molecule has 0 aliphatic carbocycles. The maximum Gasteiger partial charge on any atom is 0.280 e. The number of hydrogen-bond acceptors (Lipinski definition) is 3. The summed E-state index contributed by atoms with van der Waals surface area (Å²) in [7, 11) is 0. The van der Waals surface area contributed by atoms with Crippen LogP contribution < -0.4 is 9.80 Å². The van der Waals surface area contributed by atoms with Gasteiger partial charge in [0.05, 0.1) is 31.9 Å². The van der Waals surface area contributed by atoms with Gasteiger partial charge in [0.2, 0.25) is 0 Å². The number of carbonyl (C=O) groups is 1. The normalized spacial score (nSPS) is 19.6. The van der Waals surface area contributed by atoms with E-state index in [0.29, 0.717) is 17.6 Å². The van der Waals surface area contributed by atoms with E-state index in [-0.39, 0.29) is 6.04 Å². The molecule has 2 saturated heterocycles. The SMILES string of the molecule is C[C@@H](C(=O)N1CCC(Cc2ccccc2)CC1)[NH+]1CCN(c2ccccc2O)CC1. The van der Waals surface area contributed by atoms with E-state index in [4.69, 9.17) is 0 Å². The molecule has 160 valence electrons. The number of carbonyl (C=O) groups excluding carboxylic acids is 1. The zero-order chi connectivity index (χ0) is 20.9. The minimum absolute atomic E-state index is 0.00203. The largest absolute Gasteiger partial charge is 0.506 e. The Kier molecular flexibility index (Phi) is 6.58. The van der Waals surface area contributed by atoms with E-state index in [1.54, 1.807) is 6.07 Å². The molecular weight excluding hydrogens is 374 g/mol. The molecule has 1 amide bonds. The summed E-state index contributed by atoms with van der Waals surface area (Å²) in [5.41, 5.74) is 2.30. The van der Waals surface area contributed by atoms with Crippen LogP contribution in [0, 0.1) is 5.92 Å². The third kappa shape index (κ3) is 4.78. The number of phenolic OH excluding ortho intramolecular Hbond substituents is 1. The average molecular weight is 409 g/mol. The van der Waals surface area contributed by atoms with Gasteiger partial charge in [-0.2, -0.15) is 0 Å². The van der Waals surface area contributed by atoms with Crippen LogP contribution >= 0.6 is 0 Å². The zero-order valence-electron chi connectivity index (χ0n) is 18.0. The van der Waals surface area contributed by atoms with E-state index in [0.717, 1.165) is 64.2 Å². The van der Waals surface area contributed by atoms with E-state index < -0.39 is 0 Å². The second kappa shape index (κ2) is 9.52. The lowest BCUT2D eigenvalue weighted by Gasteiger charge is -2.39. The smallest absolute Gasteiger partial charge is 0.280 e. The van der Waals surface area contributed by atoms with Gasteiger partial charge in [0.15, 0.2) is 6.04 Å². The van der Waals surface area contributed by atoms with Gasteiger partial charge in [0.1, 0.15) is 5.75 Å². The Balaban J connectivity index is 1.25. The fraction of sp³-hybridized carbons (Fsp3) is 0.480. The van der Waals surface area contributed by atoms with Crippen molar-refractivity contribution in [3.8, 4) is 5.75 Å². The summed E-state index contributed by atoms with van der Waals surface area (Å²) >= 11 is 0. The van der Waals surface area contributed by atoms with Gasteiger partial charge in [-0.05, 0) is 49.8 Å². The highest BCUT2D eigenvalue weighted by Gasteiger charge is 2.34. The Morgan fingerprint density at radius 3 is 2.30 bits per heavy atom. The Morgan fingerprint density at radius 1 is 1.00 bits per heavy atom. The van der Waals surface area contributed by atoms with Crippen molar-refractivity contribution in [1.82, 2.24) is 4.90 Å². The maximum absolute atomic E-state index is 13.1. The standard InChI is InChI=1S/C25H33N3O2/c1-20(26-15-17-27(18-16-26)23-9-5-6-10-24(23)29)25(30)28-13-11-22(12-14-28)19-21-7-3-2-4-8-21/h2-10,20,22,29H,11-19H2,1H3/p+1/t20-/m0/s1. The molecule has 2 aromatic rings. The quantitative estimate of drug-likeness (QED) is 0.795. The summed E-state index contributed by atoms with van der Waals surface area (Å²) in [6, 6.07) is 18.2. The molecule has 5 heteroatoms. The highest BCUT2D eigenvalue weighted by molar-refractivity contribution is 5.80. The van der Waals surface area contributed by atoms with Crippen molar-refractivity contribution in [2.45, 2.75) is 32.2 Å². The summed E-state index contributed by atoms with van der Waals surface area (Å²) in [6.07, 6.45) is 3.32. The highest BCUT2D eigenvalue weighted by Crippen LogP contribution is 2.26. The van der Waals surface area contributed by atoms with Crippen LogP contribution in [0.3, 0.4) is 0 Å². The molecule has 1 atom stereocenters. The van der Waals surface area contributed by atoms with Gasteiger partial charge in [0.25, 0.3) is 5.91 Å². The number of piperazine rings is 1. The molecule has 0 aromatic heterocycles. The second-order valence-corrected chi connectivity index (χ2v) is 8.81. The van der Waals surface area contributed by atoms with Crippen molar-refractivity contribution in [1.29, 1.82) is 0 Å². The first kappa shape index (κ1) is 20.7. The van der Waals surface area contributed by atoms with Gasteiger partial charge < -0.3 is 19.8 Å². The van der Waals surface area contributed by atoms with Crippen LogP contribution in [0.4, 0.5) is 5.69 Å². The predicted octanol–water partition coefficient (Wildman–Crippen LogP) is 1.97. The lowest BCUT2D eigenvalue weighted by molar-refractivity contribution is -0.915. The van der Waals surface area contributed by atoms with Crippen molar-refractivity contribution in [3.63, 3.8) is 0 Å². The molecule has 0 spiro atoms. The van der Waals surface area contributed by atoms with Crippen LogP contribution in [-0.2, 0) is 11.2 Å². The third-order valence-corrected chi connectivity index (χ3v) is 6.90. The molecule has 2 aliphatic heterocycles. The second-order valence-electron chi connectivity index (χ2n) is 8.81. The first-order valence-corrected chi connectivity index (χ1v) is 11.3. The maximum atomic E-state index is 13.1. The first-order chi connectivity index (χ1) is 14.6. The number of nitrogens with one attached hydrogen (secondary N) is 1. The van der Waals surface area contributed by atoms with E-state index in [9.17, 15) is 9.90 Å². The molecule has 2 heterocycles. The van der Waals surface area contributed by atoms with Gasteiger partial charge in [-0.3, -0.25) is 4.79 Å². The summed E-state index contributed by atoms with van der Waals surface area (Å²) < 4.78 is 0. The lowest BCUT2D eigenvalue weighted by atomic mass is 9.90. The molecule has 0 saturated carbocycles. The van der Waals surface area contributed by atoms with Crippen LogP contribution in [0.5, 0.6) is 5.75 Å².